The molecule has 0 saturated heterocycles. The molecule has 0 atom stereocenters. The van der Waals surface area contributed by atoms with Crippen LogP contribution in [0.3, 0.4) is 0 Å². The number of ether oxygens (including phenoxy) is 2. The predicted octanol–water partition coefficient (Wildman–Crippen LogP) is 2.73. The zero-order valence-corrected chi connectivity index (χ0v) is 17.5. The normalized spacial score (nSPS) is 18.5. The number of nitrogens with zero attached hydrogens (tertiary/aromatic N) is 4. The number of carbonyl (C=O) groups is 1. The van der Waals surface area contributed by atoms with E-state index in [0.29, 0.717) is 22.8 Å². The second kappa shape index (κ2) is 9.13. The number of methoxy groups -OCH3 is 2. The highest BCUT2D eigenvalue weighted by Gasteiger charge is 2.23. The van der Waals surface area contributed by atoms with Crippen molar-refractivity contribution >= 4 is 5.91 Å². The van der Waals surface area contributed by atoms with Gasteiger partial charge in [0, 0.05) is 31.6 Å². The molecular formula is C22H25N5O4. The molecule has 31 heavy (non-hydrogen) atoms. The lowest BCUT2D eigenvalue weighted by atomic mass is 9.93. The molecular weight excluding hydrogens is 398 g/mol. The molecule has 1 amide bonds. The van der Waals surface area contributed by atoms with Crippen LogP contribution in [0, 0.1) is 0 Å². The minimum absolute atomic E-state index is 0.0622. The summed E-state index contributed by atoms with van der Waals surface area (Å²) in [6.45, 7) is 0. The maximum Gasteiger partial charge on any atom is 0.253 e. The third-order valence-corrected chi connectivity index (χ3v) is 5.57. The van der Waals surface area contributed by atoms with Crippen molar-refractivity contribution in [1.29, 1.82) is 0 Å². The van der Waals surface area contributed by atoms with Crippen LogP contribution in [-0.2, 0) is 4.74 Å². The van der Waals surface area contributed by atoms with Crippen molar-refractivity contribution in [2.24, 2.45) is 0 Å². The van der Waals surface area contributed by atoms with E-state index >= 15 is 0 Å². The largest absolute Gasteiger partial charge is 0.493 e. The number of rotatable bonds is 6. The molecule has 0 unspecified atom stereocenters. The van der Waals surface area contributed by atoms with E-state index < -0.39 is 0 Å². The summed E-state index contributed by atoms with van der Waals surface area (Å²) < 4.78 is 11.8. The molecule has 1 aliphatic carbocycles. The molecule has 162 valence electrons. The molecule has 1 fully saturated rings. The Labute approximate surface area is 180 Å². The minimum atomic E-state index is -0.158. The van der Waals surface area contributed by atoms with E-state index in [1.165, 1.54) is 18.0 Å². The first kappa shape index (κ1) is 20.8. The molecule has 3 heterocycles. The molecule has 3 aromatic heterocycles. The van der Waals surface area contributed by atoms with E-state index in [-0.39, 0.29) is 23.9 Å². The fourth-order valence-corrected chi connectivity index (χ4v) is 3.76. The number of nitrogens with one attached hydrogen (secondary N) is 1. The topological polar surface area (TPSA) is 111 Å². The van der Waals surface area contributed by atoms with Gasteiger partial charge in [0.25, 0.3) is 5.91 Å². The van der Waals surface area contributed by atoms with E-state index in [4.69, 9.17) is 9.47 Å². The summed E-state index contributed by atoms with van der Waals surface area (Å²) in [5.41, 5.74) is 1.70. The average molecular weight is 423 g/mol. The van der Waals surface area contributed by atoms with Crippen LogP contribution in [0.2, 0.25) is 0 Å². The fraction of sp³-hybridized carbons (Fsp3) is 0.364. The first-order valence-corrected chi connectivity index (χ1v) is 10.2. The maximum absolute atomic E-state index is 12.6. The number of aromatic nitrogens is 4. The third kappa shape index (κ3) is 4.51. The van der Waals surface area contributed by atoms with Gasteiger partial charge < -0.3 is 19.9 Å². The van der Waals surface area contributed by atoms with Gasteiger partial charge in [0.15, 0.2) is 5.82 Å². The van der Waals surface area contributed by atoms with Crippen LogP contribution in [0.5, 0.6) is 11.8 Å². The van der Waals surface area contributed by atoms with Gasteiger partial charge in [-0.25, -0.2) is 9.97 Å². The van der Waals surface area contributed by atoms with E-state index in [1.807, 2.05) is 0 Å². The van der Waals surface area contributed by atoms with Crippen LogP contribution in [-0.4, -0.2) is 57.1 Å². The zero-order chi connectivity index (χ0) is 21.8. The summed E-state index contributed by atoms with van der Waals surface area (Å²) in [7, 11) is 3.26. The summed E-state index contributed by atoms with van der Waals surface area (Å²) in [4.78, 5) is 20.9. The van der Waals surface area contributed by atoms with Crippen LogP contribution in [0.25, 0.3) is 16.9 Å². The number of carbonyl (C=O) groups excluding carboxylic acids is 1. The highest BCUT2D eigenvalue weighted by molar-refractivity contribution is 5.94. The molecule has 4 rings (SSSR count). The lowest BCUT2D eigenvalue weighted by Gasteiger charge is -2.28. The van der Waals surface area contributed by atoms with E-state index in [1.54, 1.807) is 43.8 Å². The van der Waals surface area contributed by atoms with Crippen molar-refractivity contribution in [1.82, 2.24) is 25.1 Å². The van der Waals surface area contributed by atoms with E-state index in [9.17, 15) is 9.90 Å². The third-order valence-electron chi connectivity index (χ3n) is 5.57. The summed E-state index contributed by atoms with van der Waals surface area (Å²) in [5, 5.41) is 17.9. The second-order valence-corrected chi connectivity index (χ2v) is 7.47. The highest BCUT2D eigenvalue weighted by atomic mass is 16.5. The first-order valence-electron chi connectivity index (χ1n) is 10.2. The van der Waals surface area contributed by atoms with Gasteiger partial charge in [-0.1, -0.05) is 0 Å². The van der Waals surface area contributed by atoms with Crippen LogP contribution < -0.4 is 10.1 Å². The van der Waals surface area contributed by atoms with Crippen molar-refractivity contribution in [3.8, 4) is 28.7 Å². The molecule has 0 spiro atoms. The van der Waals surface area contributed by atoms with Gasteiger partial charge in [0.05, 0.1) is 30.5 Å². The molecule has 0 bridgehead atoms. The molecule has 1 saturated carbocycles. The van der Waals surface area contributed by atoms with Crippen molar-refractivity contribution in [2.45, 2.75) is 37.8 Å². The summed E-state index contributed by atoms with van der Waals surface area (Å²) >= 11 is 0. The quantitative estimate of drug-likeness (QED) is 0.627. The second-order valence-electron chi connectivity index (χ2n) is 7.47. The van der Waals surface area contributed by atoms with Gasteiger partial charge in [-0.05, 0) is 49.4 Å². The minimum Gasteiger partial charge on any atom is -0.493 e. The first-order chi connectivity index (χ1) is 15.1. The molecule has 9 heteroatoms. The number of hydrogen-bond donors (Lipinski definition) is 2. The molecule has 3 aromatic rings. The number of amides is 1. The predicted molar refractivity (Wildman–Crippen MR) is 113 cm³/mol. The van der Waals surface area contributed by atoms with Crippen molar-refractivity contribution < 1.29 is 19.4 Å². The van der Waals surface area contributed by atoms with Crippen LogP contribution >= 0.6 is 0 Å². The van der Waals surface area contributed by atoms with Gasteiger partial charge in [-0.15, -0.1) is 0 Å². The highest BCUT2D eigenvalue weighted by Crippen LogP contribution is 2.31. The van der Waals surface area contributed by atoms with Crippen molar-refractivity contribution in [2.75, 3.05) is 14.2 Å². The fourth-order valence-electron chi connectivity index (χ4n) is 3.76. The molecule has 1 aliphatic rings. The Bertz CT molecular complexity index is 1040. The van der Waals surface area contributed by atoms with Gasteiger partial charge in [-0.2, -0.15) is 9.78 Å². The van der Waals surface area contributed by atoms with Gasteiger partial charge in [0.1, 0.15) is 0 Å². The molecule has 0 radical (unpaired) electrons. The van der Waals surface area contributed by atoms with Crippen LogP contribution in [0.4, 0.5) is 0 Å². The number of pyridine rings is 2. The number of aromatic hydroxyl groups is 1. The Morgan fingerprint density at radius 1 is 1.13 bits per heavy atom. The van der Waals surface area contributed by atoms with Crippen LogP contribution in [0.15, 0.2) is 42.9 Å². The van der Waals surface area contributed by atoms with Gasteiger partial charge >= 0.3 is 0 Å². The smallest absolute Gasteiger partial charge is 0.253 e. The SMILES string of the molecule is COc1cc(-c2cnn(-c3ccc(C(=O)N[C@H]4CC[C@@H](OC)CC4)cn3)c2O)ccn1. The van der Waals surface area contributed by atoms with Crippen molar-refractivity contribution in [3.63, 3.8) is 0 Å². The molecule has 2 N–H and O–H groups in total. The van der Waals surface area contributed by atoms with E-state index in [0.717, 1.165) is 31.2 Å². The molecule has 9 nitrogen and oxygen atoms in total. The Morgan fingerprint density at radius 2 is 1.94 bits per heavy atom. The average Bonchev–Trinajstić information content (AvgIpc) is 3.21. The molecule has 0 aliphatic heterocycles. The zero-order valence-electron chi connectivity index (χ0n) is 17.5. The summed E-state index contributed by atoms with van der Waals surface area (Å²) in [5.74, 6) is 0.623. The Morgan fingerprint density at radius 3 is 2.61 bits per heavy atom. The Kier molecular flexibility index (Phi) is 6.13. The summed E-state index contributed by atoms with van der Waals surface area (Å²) in [6, 6.07) is 6.94. The number of hydrogen-bond acceptors (Lipinski definition) is 7. The lowest BCUT2D eigenvalue weighted by molar-refractivity contribution is 0.0599. The molecule has 0 aromatic carbocycles. The monoisotopic (exact) mass is 423 g/mol. The summed E-state index contributed by atoms with van der Waals surface area (Å²) in [6.07, 6.45) is 8.61. The lowest BCUT2D eigenvalue weighted by Crippen LogP contribution is -2.38. The maximum atomic E-state index is 12.6. The van der Waals surface area contributed by atoms with E-state index in [2.05, 4.69) is 20.4 Å². The van der Waals surface area contributed by atoms with Gasteiger partial charge in [0.2, 0.25) is 11.8 Å². The van der Waals surface area contributed by atoms with Gasteiger partial charge in [-0.3, -0.25) is 4.79 Å². The van der Waals surface area contributed by atoms with Crippen molar-refractivity contribution in [3.05, 3.63) is 48.4 Å². The Balaban J connectivity index is 1.46. The van der Waals surface area contributed by atoms with Crippen LogP contribution in [0.1, 0.15) is 36.0 Å². The Hall–Kier alpha value is -3.46. The standard InChI is InChI=1S/C22H25N5O4/c1-30-17-6-4-16(5-7-17)26-21(28)15-3-8-19(24-12-15)27-22(29)18(13-25-27)14-9-10-23-20(11-14)31-2/h3,8-13,16-17,29H,4-7H2,1-2H3,(H,26,28)/t16-,17+.